The molecule has 0 bridgehead atoms. The fraction of sp³-hybridized carbons (Fsp3) is 0.333. The van der Waals surface area contributed by atoms with Gasteiger partial charge in [0.05, 0.1) is 6.61 Å². The number of amides is 1. The number of alkyl halides is 2. The average molecular weight is 499 g/mol. The van der Waals surface area contributed by atoms with Crippen molar-refractivity contribution in [2.45, 2.75) is 32.2 Å². The Balaban J connectivity index is 1.68. The molecule has 36 heavy (non-hydrogen) atoms. The van der Waals surface area contributed by atoms with Gasteiger partial charge in [-0.25, -0.2) is 13.8 Å². The first kappa shape index (κ1) is 25.5. The Bertz CT molecular complexity index is 1260. The van der Waals surface area contributed by atoms with E-state index in [1.807, 2.05) is 31.1 Å². The average Bonchev–Trinajstić information content (AvgIpc) is 2.82. The van der Waals surface area contributed by atoms with E-state index in [2.05, 4.69) is 10.3 Å². The largest absolute Gasteiger partial charge is 0.493 e. The number of aromatic nitrogens is 1. The van der Waals surface area contributed by atoms with Crippen LogP contribution in [0.2, 0.25) is 0 Å². The van der Waals surface area contributed by atoms with E-state index in [0.717, 1.165) is 16.7 Å². The maximum absolute atomic E-state index is 15.0. The van der Waals surface area contributed by atoms with Gasteiger partial charge in [0.15, 0.2) is 0 Å². The van der Waals surface area contributed by atoms with E-state index in [0.29, 0.717) is 42.0 Å². The molecule has 0 atom stereocenters. The van der Waals surface area contributed by atoms with Crippen molar-refractivity contribution in [2.24, 2.45) is 0 Å². The number of fused-ring (bicyclic) bond motifs is 1. The fourth-order valence-electron chi connectivity index (χ4n) is 4.31. The minimum atomic E-state index is -2.36. The molecule has 190 valence electrons. The smallest absolute Gasteiger partial charge is 0.251 e. The molecule has 1 aliphatic rings. The van der Waals surface area contributed by atoms with Gasteiger partial charge in [0, 0.05) is 41.8 Å². The Hall–Kier alpha value is -3.59. The van der Waals surface area contributed by atoms with Crippen LogP contribution >= 0.6 is 0 Å². The standard InChI is InChI=1S/C27H29F3N4O2/c1-34(2)15-19-13-16(6-8-23(19)36-11-3-4-24(28)29)21-14-22(26(31)33-25(21)30)17-5-7-20-18(12-17)9-10-32-27(20)35/h5-8,12-14,24H,3-4,9-11,15H2,1-2H3,(H2,31,33)(H,32,35). The lowest BCUT2D eigenvalue weighted by Crippen LogP contribution is -2.31. The number of benzene rings is 2. The van der Waals surface area contributed by atoms with Crippen molar-refractivity contribution < 1.29 is 22.7 Å². The van der Waals surface area contributed by atoms with E-state index in [-0.39, 0.29) is 36.7 Å². The number of nitrogens with zero attached hydrogens (tertiary/aromatic N) is 2. The van der Waals surface area contributed by atoms with Crippen molar-refractivity contribution in [3.8, 4) is 28.0 Å². The second kappa shape index (κ2) is 11.0. The minimum Gasteiger partial charge on any atom is -0.493 e. The zero-order chi connectivity index (χ0) is 25.8. The zero-order valence-electron chi connectivity index (χ0n) is 20.3. The highest BCUT2D eigenvalue weighted by Crippen LogP contribution is 2.35. The summed E-state index contributed by atoms with van der Waals surface area (Å²) in [5, 5.41) is 2.82. The molecule has 0 fully saturated rings. The summed E-state index contributed by atoms with van der Waals surface area (Å²) in [5.41, 5.74) is 10.6. The first-order valence-electron chi connectivity index (χ1n) is 11.8. The second-order valence-corrected chi connectivity index (χ2v) is 9.08. The van der Waals surface area contributed by atoms with E-state index in [9.17, 15) is 13.6 Å². The molecule has 1 aliphatic heterocycles. The summed E-state index contributed by atoms with van der Waals surface area (Å²) in [6, 6.07) is 12.4. The summed E-state index contributed by atoms with van der Waals surface area (Å²) >= 11 is 0. The van der Waals surface area contributed by atoms with Gasteiger partial charge in [-0.1, -0.05) is 18.2 Å². The molecule has 4 rings (SSSR count). The van der Waals surface area contributed by atoms with Gasteiger partial charge in [0.25, 0.3) is 5.91 Å². The Morgan fingerprint density at radius 2 is 1.83 bits per heavy atom. The van der Waals surface area contributed by atoms with Crippen LogP contribution in [0, 0.1) is 5.95 Å². The highest BCUT2D eigenvalue weighted by atomic mass is 19.3. The van der Waals surface area contributed by atoms with E-state index < -0.39 is 12.4 Å². The van der Waals surface area contributed by atoms with Gasteiger partial charge in [-0.2, -0.15) is 4.39 Å². The number of pyridine rings is 1. The van der Waals surface area contributed by atoms with Crippen molar-refractivity contribution >= 4 is 11.7 Å². The van der Waals surface area contributed by atoms with Crippen LogP contribution in [-0.4, -0.2) is 49.5 Å². The van der Waals surface area contributed by atoms with Crippen molar-refractivity contribution in [3.63, 3.8) is 0 Å². The third-order valence-corrected chi connectivity index (χ3v) is 6.03. The molecule has 0 aliphatic carbocycles. The summed E-state index contributed by atoms with van der Waals surface area (Å²) in [5.74, 6) is -0.184. The first-order valence-corrected chi connectivity index (χ1v) is 11.8. The Morgan fingerprint density at radius 3 is 2.58 bits per heavy atom. The molecule has 6 nitrogen and oxygen atoms in total. The molecule has 1 aromatic heterocycles. The van der Waals surface area contributed by atoms with Crippen LogP contribution < -0.4 is 15.8 Å². The molecule has 9 heteroatoms. The summed E-state index contributed by atoms with van der Waals surface area (Å²) in [7, 11) is 3.79. The monoisotopic (exact) mass is 498 g/mol. The van der Waals surface area contributed by atoms with Gasteiger partial charge in [-0.05, 0) is 67.9 Å². The normalized spacial score (nSPS) is 13.1. The number of carbonyl (C=O) groups is 1. The third kappa shape index (κ3) is 5.79. The molecule has 2 heterocycles. The molecule has 2 aromatic carbocycles. The number of anilines is 1. The van der Waals surface area contributed by atoms with Crippen LogP contribution in [0.4, 0.5) is 19.0 Å². The lowest BCUT2D eigenvalue weighted by Gasteiger charge is -2.18. The van der Waals surface area contributed by atoms with E-state index in [1.54, 1.807) is 30.3 Å². The van der Waals surface area contributed by atoms with Crippen molar-refractivity contribution in [2.75, 3.05) is 33.0 Å². The molecular weight excluding hydrogens is 469 g/mol. The predicted molar refractivity (Wildman–Crippen MR) is 134 cm³/mol. The minimum absolute atomic E-state index is 0.0592. The molecule has 3 N–H and O–H groups in total. The van der Waals surface area contributed by atoms with Gasteiger partial charge < -0.3 is 20.7 Å². The molecule has 1 amide bonds. The highest BCUT2D eigenvalue weighted by Gasteiger charge is 2.20. The number of carbonyl (C=O) groups excluding carboxylic acids is 1. The van der Waals surface area contributed by atoms with Crippen LogP contribution in [0.15, 0.2) is 42.5 Å². The SMILES string of the molecule is CN(C)Cc1cc(-c2cc(-c3ccc4c(c3)CCNC4=O)c(N)nc2F)ccc1OCCCC(F)F. The Kier molecular flexibility index (Phi) is 7.79. The first-order chi connectivity index (χ1) is 17.2. The molecular formula is C27H29F3N4O2. The zero-order valence-corrected chi connectivity index (χ0v) is 20.3. The van der Waals surface area contributed by atoms with Crippen LogP contribution in [0.3, 0.4) is 0 Å². The van der Waals surface area contributed by atoms with E-state index in [1.165, 1.54) is 0 Å². The number of rotatable bonds is 9. The predicted octanol–water partition coefficient (Wildman–Crippen LogP) is 4.91. The molecule has 0 radical (unpaired) electrons. The van der Waals surface area contributed by atoms with Crippen molar-refractivity contribution in [1.29, 1.82) is 0 Å². The third-order valence-electron chi connectivity index (χ3n) is 6.03. The van der Waals surface area contributed by atoms with Gasteiger partial charge in [0.2, 0.25) is 12.4 Å². The van der Waals surface area contributed by atoms with Crippen LogP contribution in [-0.2, 0) is 13.0 Å². The second-order valence-electron chi connectivity index (χ2n) is 9.08. The summed E-state index contributed by atoms with van der Waals surface area (Å²) in [4.78, 5) is 18.0. The quantitative estimate of drug-likeness (QED) is 0.324. The number of nitrogen functional groups attached to an aromatic ring is 1. The maximum Gasteiger partial charge on any atom is 0.251 e. The van der Waals surface area contributed by atoms with Crippen LogP contribution in [0.1, 0.15) is 34.3 Å². The van der Waals surface area contributed by atoms with E-state index >= 15 is 4.39 Å². The molecule has 0 saturated heterocycles. The van der Waals surface area contributed by atoms with Crippen LogP contribution in [0.25, 0.3) is 22.3 Å². The number of nitrogens with one attached hydrogen (secondary N) is 1. The number of hydrogen-bond donors (Lipinski definition) is 2. The lowest BCUT2D eigenvalue weighted by atomic mass is 9.93. The summed E-state index contributed by atoms with van der Waals surface area (Å²) in [6.07, 6.45) is -1.65. The van der Waals surface area contributed by atoms with Crippen molar-refractivity contribution in [1.82, 2.24) is 15.2 Å². The van der Waals surface area contributed by atoms with Gasteiger partial charge in [-0.15, -0.1) is 0 Å². The highest BCUT2D eigenvalue weighted by molar-refractivity contribution is 5.97. The molecule has 0 saturated carbocycles. The number of nitrogens with two attached hydrogens (primary N) is 1. The topological polar surface area (TPSA) is 80.5 Å². The summed E-state index contributed by atoms with van der Waals surface area (Å²) < 4.78 is 45.7. The Morgan fingerprint density at radius 1 is 1.08 bits per heavy atom. The van der Waals surface area contributed by atoms with Gasteiger partial charge >= 0.3 is 0 Å². The van der Waals surface area contributed by atoms with Gasteiger partial charge in [0.1, 0.15) is 11.6 Å². The number of ether oxygens (including phenoxy) is 1. The summed E-state index contributed by atoms with van der Waals surface area (Å²) in [6.45, 7) is 1.24. The number of hydrogen-bond acceptors (Lipinski definition) is 5. The fourth-order valence-corrected chi connectivity index (χ4v) is 4.31. The Labute approximate surface area is 208 Å². The molecule has 0 unspecified atom stereocenters. The molecule has 0 spiro atoms. The van der Waals surface area contributed by atoms with Gasteiger partial charge in [-0.3, -0.25) is 4.79 Å². The lowest BCUT2D eigenvalue weighted by molar-refractivity contribution is 0.0946. The maximum atomic E-state index is 15.0. The molecule has 3 aromatic rings. The van der Waals surface area contributed by atoms with Crippen LogP contribution in [0.5, 0.6) is 5.75 Å². The van der Waals surface area contributed by atoms with Crippen molar-refractivity contribution in [3.05, 3.63) is 65.1 Å². The number of halogens is 3. The van der Waals surface area contributed by atoms with E-state index in [4.69, 9.17) is 10.5 Å².